The van der Waals surface area contributed by atoms with Gasteiger partial charge in [0.15, 0.2) is 0 Å². The molecule has 0 spiro atoms. The van der Waals surface area contributed by atoms with Crippen molar-refractivity contribution in [2.24, 2.45) is 0 Å². The lowest BCUT2D eigenvalue weighted by Gasteiger charge is -2.06. The molecule has 0 radical (unpaired) electrons. The molecule has 0 bridgehead atoms. The van der Waals surface area contributed by atoms with Crippen LogP contribution in [-0.4, -0.2) is 24.0 Å². The third-order valence-electron chi connectivity index (χ3n) is 2.69. The van der Waals surface area contributed by atoms with Gasteiger partial charge in [-0.2, -0.15) is 0 Å². The maximum absolute atomic E-state index is 13.4. The number of benzene rings is 2. The van der Waals surface area contributed by atoms with E-state index in [1.807, 2.05) is 30.3 Å². The number of amides is 1. The van der Waals surface area contributed by atoms with Crippen molar-refractivity contribution in [1.82, 2.24) is 5.32 Å². The summed E-state index contributed by atoms with van der Waals surface area (Å²) < 4.78 is 26.4. The van der Waals surface area contributed by atoms with E-state index in [2.05, 4.69) is 5.32 Å². The normalized spacial score (nSPS) is 10.5. The van der Waals surface area contributed by atoms with Crippen LogP contribution in [0.3, 0.4) is 0 Å². The Morgan fingerprint density at radius 1 is 1.05 bits per heavy atom. The van der Waals surface area contributed by atoms with E-state index in [0.717, 1.165) is 40.6 Å². The SMILES string of the molecule is O=C(CSc1cc(F)ccc1F)NCCSc1ccccc1. The highest BCUT2D eigenvalue weighted by molar-refractivity contribution is 8.00. The second-order valence-electron chi connectivity index (χ2n) is 4.37. The number of hydrogen-bond donors (Lipinski definition) is 1. The van der Waals surface area contributed by atoms with Gasteiger partial charge in [-0.1, -0.05) is 18.2 Å². The zero-order chi connectivity index (χ0) is 15.8. The summed E-state index contributed by atoms with van der Waals surface area (Å²) in [6, 6.07) is 13.1. The topological polar surface area (TPSA) is 29.1 Å². The van der Waals surface area contributed by atoms with Gasteiger partial charge >= 0.3 is 0 Å². The molecule has 0 aliphatic heterocycles. The Morgan fingerprint density at radius 2 is 1.82 bits per heavy atom. The fourth-order valence-corrected chi connectivity index (χ4v) is 3.24. The lowest BCUT2D eigenvalue weighted by molar-refractivity contribution is -0.118. The van der Waals surface area contributed by atoms with Crippen LogP contribution in [0, 0.1) is 11.6 Å². The summed E-state index contributed by atoms with van der Waals surface area (Å²) in [6.45, 7) is 0.532. The molecule has 0 aliphatic rings. The number of hydrogen-bond acceptors (Lipinski definition) is 3. The van der Waals surface area contributed by atoms with Gasteiger partial charge in [-0.15, -0.1) is 23.5 Å². The third-order valence-corrected chi connectivity index (χ3v) is 4.73. The van der Waals surface area contributed by atoms with Crippen molar-refractivity contribution < 1.29 is 13.6 Å². The Morgan fingerprint density at radius 3 is 2.59 bits per heavy atom. The number of carbonyl (C=O) groups excluding carboxylic acids is 1. The Bertz CT molecular complexity index is 623. The lowest BCUT2D eigenvalue weighted by Crippen LogP contribution is -2.27. The summed E-state index contributed by atoms with van der Waals surface area (Å²) in [5.74, 6) is -0.393. The van der Waals surface area contributed by atoms with Crippen LogP contribution in [0.2, 0.25) is 0 Å². The van der Waals surface area contributed by atoms with Crippen LogP contribution in [0.25, 0.3) is 0 Å². The first-order valence-electron chi connectivity index (χ1n) is 6.67. The van der Waals surface area contributed by atoms with Gasteiger partial charge in [-0.25, -0.2) is 8.78 Å². The molecule has 1 amide bonds. The van der Waals surface area contributed by atoms with E-state index in [0.29, 0.717) is 6.54 Å². The molecule has 0 saturated heterocycles. The molecule has 2 aromatic rings. The summed E-state index contributed by atoms with van der Waals surface area (Å²) in [6.07, 6.45) is 0. The van der Waals surface area contributed by atoms with Crippen molar-refractivity contribution in [2.45, 2.75) is 9.79 Å². The number of rotatable bonds is 7. The van der Waals surface area contributed by atoms with E-state index in [-0.39, 0.29) is 16.6 Å². The summed E-state index contributed by atoms with van der Waals surface area (Å²) in [5, 5.41) is 2.76. The van der Waals surface area contributed by atoms with Gasteiger partial charge in [0.1, 0.15) is 11.6 Å². The summed E-state index contributed by atoms with van der Waals surface area (Å²) in [7, 11) is 0. The van der Waals surface area contributed by atoms with Crippen LogP contribution in [0.15, 0.2) is 58.3 Å². The molecule has 2 aromatic carbocycles. The first-order chi connectivity index (χ1) is 10.6. The van der Waals surface area contributed by atoms with E-state index in [1.165, 1.54) is 0 Å². The van der Waals surface area contributed by atoms with Crippen molar-refractivity contribution in [1.29, 1.82) is 0 Å². The molecule has 2 rings (SSSR count). The minimum atomic E-state index is -0.515. The number of carbonyl (C=O) groups is 1. The van der Waals surface area contributed by atoms with Gasteiger partial charge in [0.2, 0.25) is 5.91 Å². The second-order valence-corrected chi connectivity index (χ2v) is 6.56. The van der Waals surface area contributed by atoms with Crippen molar-refractivity contribution in [3.05, 3.63) is 60.2 Å². The van der Waals surface area contributed by atoms with E-state index < -0.39 is 11.6 Å². The fraction of sp³-hybridized carbons (Fsp3) is 0.188. The van der Waals surface area contributed by atoms with Crippen LogP contribution >= 0.6 is 23.5 Å². The minimum Gasteiger partial charge on any atom is -0.355 e. The smallest absolute Gasteiger partial charge is 0.230 e. The molecule has 1 N–H and O–H groups in total. The van der Waals surface area contributed by atoms with Crippen LogP contribution in [0.1, 0.15) is 0 Å². The van der Waals surface area contributed by atoms with Gasteiger partial charge in [-0.05, 0) is 30.3 Å². The molecule has 2 nitrogen and oxygen atoms in total. The average molecular weight is 339 g/mol. The second kappa shape index (κ2) is 8.80. The summed E-state index contributed by atoms with van der Waals surface area (Å²) in [5.41, 5.74) is 0. The van der Waals surface area contributed by atoms with Crippen molar-refractivity contribution in [3.8, 4) is 0 Å². The monoisotopic (exact) mass is 339 g/mol. The van der Waals surface area contributed by atoms with Gasteiger partial charge in [0.25, 0.3) is 0 Å². The summed E-state index contributed by atoms with van der Waals surface area (Å²) >= 11 is 2.64. The molecule has 0 aromatic heterocycles. The molecule has 0 aliphatic carbocycles. The molecular formula is C16H15F2NOS2. The predicted octanol–water partition coefficient (Wildman–Crippen LogP) is 3.97. The van der Waals surface area contributed by atoms with E-state index in [9.17, 15) is 13.6 Å². The minimum absolute atomic E-state index is 0.0659. The highest BCUT2D eigenvalue weighted by atomic mass is 32.2. The first kappa shape index (κ1) is 16.8. The van der Waals surface area contributed by atoms with Gasteiger partial charge < -0.3 is 5.32 Å². The molecule has 116 valence electrons. The van der Waals surface area contributed by atoms with E-state index >= 15 is 0 Å². The Kier molecular flexibility index (Phi) is 6.74. The molecule has 0 heterocycles. The average Bonchev–Trinajstić information content (AvgIpc) is 2.53. The molecule has 0 atom stereocenters. The predicted molar refractivity (Wildman–Crippen MR) is 87.3 cm³/mol. The number of halogens is 2. The Labute approximate surface area is 136 Å². The van der Waals surface area contributed by atoms with Crippen LogP contribution in [0.4, 0.5) is 8.78 Å². The van der Waals surface area contributed by atoms with Crippen molar-refractivity contribution in [2.75, 3.05) is 18.1 Å². The first-order valence-corrected chi connectivity index (χ1v) is 8.64. The van der Waals surface area contributed by atoms with Gasteiger partial charge in [-0.3, -0.25) is 4.79 Å². The molecular weight excluding hydrogens is 324 g/mol. The van der Waals surface area contributed by atoms with Crippen molar-refractivity contribution in [3.63, 3.8) is 0 Å². The molecule has 0 saturated carbocycles. The van der Waals surface area contributed by atoms with E-state index in [4.69, 9.17) is 0 Å². The fourth-order valence-electron chi connectivity index (χ4n) is 1.66. The number of thioether (sulfide) groups is 2. The summed E-state index contributed by atoms with van der Waals surface area (Å²) in [4.78, 5) is 13.0. The largest absolute Gasteiger partial charge is 0.355 e. The standard InChI is InChI=1S/C16H15F2NOS2/c17-12-6-7-14(18)15(10-12)22-11-16(20)19-8-9-21-13-4-2-1-3-5-13/h1-7,10H,8-9,11H2,(H,19,20). The zero-order valence-corrected chi connectivity index (χ0v) is 13.4. The molecule has 0 unspecified atom stereocenters. The number of nitrogens with one attached hydrogen (secondary N) is 1. The molecule has 22 heavy (non-hydrogen) atoms. The Balaban J connectivity index is 1.67. The van der Waals surface area contributed by atoms with Crippen LogP contribution < -0.4 is 5.32 Å². The van der Waals surface area contributed by atoms with Crippen LogP contribution in [0.5, 0.6) is 0 Å². The van der Waals surface area contributed by atoms with Gasteiger partial charge in [0.05, 0.1) is 5.75 Å². The third kappa shape index (κ3) is 5.69. The lowest BCUT2D eigenvalue weighted by atomic mass is 10.3. The Hall–Kier alpha value is -1.53. The quantitative estimate of drug-likeness (QED) is 0.611. The van der Waals surface area contributed by atoms with Crippen molar-refractivity contribution >= 4 is 29.4 Å². The molecule has 0 fully saturated rings. The molecule has 6 heteroatoms. The zero-order valence-electron chi connectivity index (χ0n) is 11.7. The maximum atomic E-state index is 13.4. The van der Waals surface area contributed by atoms with Gasteiger partial charge in [0, 0.05) is 22.1 Å². The highest BCUT2D eigenvalue weighted by Crippen LogP contribution is 2.22. The highest BCUT2D eigenvalue weighted by Gasteiger charge is 2.07. The van der Waals surface area contributed by atoms with E-state index in [1.54, 1.807) is 11.8 Å². The van der Waals surface area contributed by atoms with Crippen LogP contribution in [-0.2, 0) is 4.79 Å². The maximum Gasteiger partial charge on any atom is 0.230 e.